The topological polar surface area (TPSA) is 76.0 Å². The molecule has 2 aromatic rings. The van der Waals surface area contributed by atoms with Crippen LogP contribution in [0, 0.1) is 0 Å². The van der Waals surface area contributed by atoms with Crippen LogP contribution in [0.1, 0.15) is 10.4 Å². The van der Waals surface area contributed by atoms with Gasteiger partial charge in [0.05, 0.1) is 21.3 Å². The minimum atomic E-state index is -4.75. The number of rotatable bonds is 3. The van der Waals surface area contributed by atoms with Gasteiger partial charge in [-0.3, -0.25) is 9.69 Å². The average Bonchev–Trinajstić information content (AvgIpc) is 2.66. The van der Waals surface area contributed by atoms with E-state index in [-0.39, 0.29) is 27.0 Å². The lowest BCUT2D eigenvalue weighted by Gasteiger charge is -2.43. The molecule has 0 aliphatic carbocycles. The smallest absolute Gasteiger partial charge is 0.370 e. The summed E-state index contributed by atoms with van der Waals surface area (Å²) in [5, 5.41) is 23.5. The predicted molar refractivity (Wildman–Crippen MR) is 107 cm³/mol. The van der Waals surface area contributed by atoms with Gasteiger partial charge in [-0.25, -0.2) is 0 Å². The highest BCUT2D eigenvalue weighted by atomic mass is 35.5. The molecule has 0 saturated heterocycles. The third kappa shape index (κ3) is 4.34. The number of nitrogens with zero attached hydrogens (tertiary/aromatic N) is 2. The van der Waals surface area contributed by atoms with Gasteiger partial charge in [-0.2, -0.15) is 13.2 Å². The molecule has 3 N–H and O–H groups in total. The highest BCUT2D eigenvalue weighted by Gasteiger charge is 2.44. The van der Waals surface area contributed by atoms with Gasteiger partial charge in [0, 0.05) is 12.7 Å². The summed E-state index contributed by atoms with van der Waals surface area (Å²) in [6, 6.07) is 10.4. The zero-order valence-corrected chi connectivity index (χ0v) is 16.9. The van der Waals surface area contributed by atoms with Crippen molar-refractivity contribution >= 4 is 40.5 Å². The summed E-state index contributed by atoms with van der Waals surface area (Å²) >= 11 is 12.1. The van der Waals surface area contributed by atoms with E-state index in [9.17, 15) is 28.2 Å². The van der Waals surface area contributed by atoms with Crippen LogP contribution in [0.3, 0.4) is 0 Å². The van der Waals surface area contributed by atoms with Gasteiger partial charge < -0.3 is 20.4 Å². The van der Waals surface area contributed by atoms with E-state index < -0.39 is 30.4 Å². The number of hydrogen-bond acceptors (Lipinski definition) is 5. The third-order valence-corrected chi connectivity index (χ3v) is 5.13. The minimum absolute atomic E-state index is 0.117. The van der Waals surface area contributed by atoms with Crippen LogP contribution in [0.15, 0.2) is 54.2 Å². The summed E-state index contributed by atoms with van der Waals surface area (Å²) in [7, 11) is 1.04. The number of amides is 1. The first-order chi connectivity index (χ1) is 14.0. The van der Waals surface area contributed by atoms with E-state index in [4.69, 9.17) is 23.2 Å². The number of carbonyl (C=O) groups excluding carboxylic acids is 1. The molecule has 1 aliphatic heterocycles. The molecule has 0 aromatic heterocycles. The zero-order valence-electron chi connectivity index (χ0n) is 15.4. The molecule has 1 aliphatic rings. The molecule has 160 valence electrons. The Hall–Kier alpha value is -2.46. The van der Waals surface area contributed by atoms with Crippen LogP contribution in [0.5, 0.6) is 0 Å². The second-order valence-electron chi connectivity index (χ2n) is 6.43. The van der Waals surface area contributed by atoms with Gasteiger partial charge in [0.25, 0.3) is 5.91 Å². The summed E-state index contributed by atoms with van der Waals surface area (Å²) in [4.78, 5) is 14.0. The van der Waals surface area contributed by atoms with E-state index in [1.54, 1.807) is 12.1 Å². The van der Waals surface area contributed by atoms with Gasteiger partial charge in [-0.05, 0) is 36.4 Å². The van der Waals surface area contributed by atoms with Crippen LogP contribution in [0.4, 0.5) is 24.5 Å². The first kappa shape index (κ1) is 22.2. The summed E-state index contributed by atoms with van der Waals surface area (Å²) in [6.07, 6.45) is -7.78. The maximum atomic E-state index is 13.1. The van der Waals surface area contributed by atoms with Crippen molar-refractivity contribution in [1.29, 1.82) is 0 Å². The lowest BCUT2D eigenvalue weighted by Crippen LogP contribution is -2.56. The SMILES string of the molecule is CN1C(C(F)(F)F)=CC(O)N(c2ccc(Cl)c(NC(=O)c3ccccc3Cl)c2)C1O. The Bertz CT molecular complexity index is 1000. The maximum absolute atomic E-state index is 13.1. The van der Waals surface area contributed by atoms with E-state index in [1.165, 1.54) is 30.3 Å². The molecule has 0 spiro atoms. The van der Waals surface area contributed by atoms with Gasteiger partial charge in [-0.1, -0.05) is 35.3 Å². The largest absolute Gasteiger partial charge is 0.431 e. The molecule has 3 rings (SSSR count). The molecule has 1 amide bonds. The molecule has 0 bridgehead atoms. The first-order valence-electron chi connectivity index (χ1n) is 8.52. The van der Waals surface area contributed by atoms with Crippen molar-refractivity contribution in [3.63, 3.8) is 0 Å². The van der Waals surface area contributed by atoms with Gasteiger partial charge in [0.2, 0.25) is 6.35 Å². The van der Waals surface area contributed by atoms with Crippen molar-refractivity contribution in [2.75, 3.05) is 17.3 Å². The Balaban J connectivity index is 1.92. The fraction of sp³-hybridized carbons (Fsp3) is 0.211. The summed E-state index contributed by atoms with van der Waals surface area (Å²) < 4.78 is 39.3. The molecule has 2 aromatic carbocycles. The number of carbonyl (C=O) groups is 1. The molecule has 11 heteroatoms. The summed E-state index contributed by atoms with van der Waals surface area (Å²) in [5.74, 6) is -0.559. The van der Waals surface area contributed by atoms with E-state index in [0.29, 0.717) is 11.0 Å². The van der Waals surface area contributed by atoms with Crippen LogP contribution in [-0.2, 0) is 0 Å². The Labute approximate surface area is 179 Å². The molecule has 0 fully saturated rings. The number of aliphatic hydroxyl groups excluding tert-OH is 2. The molecular formula is C19H16Cl2F3N3O3. The number of nitrogens with one attached hydrogen (secondary N) is 1. The van der Waals surface area contributed by atoms with Crippen molar-refractivity contribution in [3.8, 4) is 0 Å². The Kier molecular flexibility index (Phi) is 6.19. The van der Waals surface area contributed by atoms with Crippen molar-refractivity contribution in [2.45, 2.75) is 18.8 Å². The highest BCUT2D eigenvalue weighted by Crippen LogP contribution is 2.37. The maximum Gasteiger partial charge on any atom is 0.431 e. The standard InChI is InChI=1S/C19H16Cl2F3N3O3/c1-26-15(19(22,23)24)9-16(28)27(18(26)30)10-6-7-13(21)14(8-10)25-17(29)11-4-2-3-5-12(11)20/h2-9,16,18,28,30H,1H3,(H,25,29). The van der Waals surface area contributed by atoms with Crippen LogP contribution >= 0.6 is 23.2 Å². The number of aliphatic hydroxyl groups is 2. The Morgan fingerprint density at radius 3 is 2.40 bits per heavy atom. The van der Waals surface area contributed by atoms with Crippen LogP contribution < -0.4 is 10.2 Å². The average molecular weight is 462 g/mol. The Morgan fingerprint density at radius 1 is 1.10 bits per heavy atom. The second kappa shape index (κ2) is 8.35. The monoisotopic (exact) mass is 461 g/mol. The van der Waals surface area contributed by atoms with Crippen LogP contribution in [-0.4, -0.2) is 46.8 Å². The molecule has 0 saturated carbocycles. The minimum Gasteiger partial charge on any atom is -0.370 e. The Morgan fingerprint density at radius 2 is 1.77 bits per heavy atom. The number of anilines is 2. The molecule has 6 nitrogen and oxygen atoms in total. The van der Waals surface area contributed by atoms with Crippen LogP contribution in [0.25, 0.3) is 0 Å². The fourth-order valence-electron chi connectivity index (χ4n) is 2.97. The lowest BCUT2D eigenvalue weighted by molar-refractivity contribution is -0.133. The zero-order chi connectivity index (χ0) is 22.2. The number of benzene rings is 2. The lowest BCUT2D eigenvalue weighted by atomic mass is 10.1. The van der Waals surface area contributed by atoms with Gasteiger partial charge in [-0.15, -0.1) is 0 Å². The highest BCUT2D eigenvalue weighted by molar-refractivity contribution is 6.36. The fourth-order valence-corrected chi connectivity index (χ4v) is 3.36. The van der Waals surface area contributed by atoms with Crippen molar-refractivity contribution in [3.05, 3.63) is 69.8 Å². The molecule has 2 atom stereocenters. The van der Waals surface area contributed by atoms with E-state index in [0.717, 1.165) is 11.9 Å². The number of halogens is 5. The normalized spacial score (nSPS) is 19.5. The molecule has 0 radical (unpaired) electrons. The quantitative estimate of drug-likeness (QED) is 0.642. The first-order valence-corrected chi connectivity index (χ1v) is 9.28. The molecular weight excluding hydrogens is 446 g/mol. The van der Waals surface area contributed by atoms with Crippen molar-refractivity contribution in [2.24, 2.45) is 0 Å². The van der Waals surface area contributed by atoms with E-state index in [1.807, 2.05) is 0 Å². The van der Waals surface area contributed by atoms with Crippen LogP contribution in [0.2, 0.25) is 10.0 Å². The number of allylic oxidation sites excluding steroid dienone is 1. The van der Waals surface area contributed by atoms with Crippen molar-refractivity contribution < 1.29 is 28.2 Å². The molecule has 2 unspecified atom stereocenters. The van der Waals surface area contributed by atoms with Gasteiger partial charge in [0.1, 0.15) is 5.70 Å². The van der Waals surface area contributed by atoms with Gasteiger partial charge in [0.15, 0.2) is 6.23 Å². The third-order valence-electron chi connectivity index (χ3n) is 4.47. The molecule has 1 heterocycles. The van der Waals surface area contributed by atoms with Gasteiger partial charge >= 0.3 is 6.18 Å². The van der Waals surface area contributed by atoms with E-state index >= 15 is 0 Å². The number of hydrogen-bond donors (Lipinski definition) is 3. The van der Waals surface area contributed by atoms with Crippen molar-refractivity contribution in [1.82, 2.24) is 4.90 Å². The predicted octanol–water partition coefficient (Wildman–Crippen LogP) is 4.04. The summed E-state index contributed by atoms with van der Waals surface area (Å²) in [6.45, 7) is 0. The van der Waals surface area contributed by atoms with E-state index in [2.05, 4.69) is 5.32 Å². The molecule has 30 heavy (non-hydrogen) atoms. The number of alkyl halides is 3. The second-order valence-corrected chi connectivity index (χ2v) is 7.24. The summed E-state index contributed by atoms with van der Waals surface area (Å²) in [5.41, 5.74) is -0.749.